The summed E-state index contributed by atoms with van der Waals surface area (Å²) in [4.78, 5) is 11.9. The molecule has 0 aromatic heterocycles. The molecule has 3 aromatic carbocycles. The number of carbonyl (C=O) groups is 1. The highest BCUT2D eigenvalue weighted by molar-refractivity contribution is 7.92. The van der Waals surface area contributed by atoms with Crippen molar-refractivity contribution in [1.82, 2.24) is 5.32 Å². The van der Waals surface area contributed by atoms with E-state index in [4.69, 9.17) is 11.6 Å². The lowest BCUT2D eigenvalue weighted by molar-refractivity contribution is -0.137. The molecule has 0 unspecified atom stereocenters. The molecule has 0 fully saturated rings. The Kier molecular flexibility index (Phi) is 7.89. The van der Waals surface area contributed by atoms with Crippen molar-refractivity contribution in [3.63, 3.8) is 0 Å². The standard InChI is InChI=1S/C24H22ClF3N2O3S/c1-17-5-11-21(12-6-17)30(14-13-23(31)29-16-18-7-9-20(25)10-8-18)34(32,33)22-4-2-3-19(15-22)24(26,27)28/h2-12,15H,13-14,16H2,1H3,(H,29,31). The average Bonchev–Trinajstić information content (AvgIpc) is 2.79. The summed E-state index contributed by atoms with van der Waals surface area (Å²) in [6, 6.07) is 16.9. The number of rotatable bonds is 8. The van der Waals surface area contributed by atoms with Gasteiger partial charge >= 0.3 is 6.18 Å². The summed E-state index contributed by atoms with van der Waals surface area (Å²) in [7, 11) is -4.38. The largest absolute Gasteiger partial charge is 0.416 e. The quantitative estimate of drug-likeness (QED) is 0.431. The van der Waals surface area contributed by atoms with E-state index in [1.54, 1.807) is 48.5 Å². The smallest absolute Gasteiger partial charge is 0.352 e. The van der Waals surface area contributed by atoms with Crippen LogP contribution in [0.25, 0.3) is 0 Å². The third kappa shape index (κ3) is 6.51. The lowest BCUT2D eigenvalue weighted by Crippen LogP contribution is -2.35. The molecular formula is C24H22ClF3N2O3S. The van der Waals surface area contributed by atoms with E-state index in [1.807, 2.05) is 6.92 Å². The van der Waals surface area contributed by atoms with E-state index in [2.05, 4.69) is 5.32 Å². The van der Waals surface area contributed by atoms with Crippen LogP contribution < -0.4 is 9.62 Å². The molecule has 3 rings (SSSR count). The van der Waals surface area contributed by atoms with Crippen molar-refractivity contribution < 1.29 is 26.4 Å². The van der Waals surface area contributed by atoms with Gasteiger partial charge in [-0.15, -0.1) is 0 Å². The molecule has 0 saturated carbocycles. The third-order valence-electron chi connectivity index (χ3n) is 5.02. The second kappa shape index (κ2) is 10.5. The molecular weight excluding hydrogens is 489 g/mol. The molecule has 0 heterocycles. The Morgan fingerprint density at radius 3 is 2.26 bits per heavy atom. The molecule has 0 spiro atoms. The number of aryl methyl sites for hydroxylation is 1. The molecule has 1 amide bonds. The number of carbonyl (C=O) groups excluding carboxylic acids is 1. The first-order valence-corrected chi connectivity index (χ1v) is 12.1. The molecule has 5 nitrogen and oxygen atoms in total. The minimum absolute atomic E-state index is 0.195. The summed E-state index contributed by atoms with van der Waals surface area (Å²) in [5.41, 5.74) is 0.859. The summed E-state index contributed by atoms with van der Waals surface area (Å²) in [6.07, 6.45) is -4.89. The van der Waals surface area contributed by atoms with E-state index in [1.165, 1.54) is 0 Å². The zero-order chi connectivity index (χ0) is 24.9. The first-order valence-electron chi connectivity index (χ1n) is 10.2. The topological polar surface area (TPSA) is 66.5 Å². The molecule has 180 valence electrons. The lowest BCUT2D eigenvalue weighted by Gasteiger charge is -2.25. The van der Waals surface area contributed by atoms with Crippen LogP contribution in [0.2, 0.25) is 5.02 Å². The number of hydrogen-bond donors (Lipinski definition) is 1. The summed E-state index contributed by atoms with van der Waals surface area (Å²) in [6.45, 7) is 1.79. The van der Waals surface area contributed by atoms with Crippen LogP contribution in [-0.2, 0) is 27.5 Å². The van der Waals surface area contributed by atoms with Crippen LogP contribution >= 0.6 is 11.6 Å². The molecule has 3 aromatic rings. The molecule has 0 bridgehead atoms. The lowest BCUT2D eigenvalue weighted by atomic mass is 10.2. The van der Waals surface area contributed by atoms with Crippen LogP contribution in [0.15, 0.2) is 77.7 Å². The summed E-state index contributed by atoms with van der Waals surface area (Å²) in [5.74, 6) is -0.411. The maximum absolute atomic E-state index is 13.3. The van der Waals surface area contributed by atoms with Crippen molar-refractivity contribution in [3.05, 3.63) is 94.5 Å². The Hall–Kier alpha value is -3.04. The van der Waals surface area contributed by atoms with Crippen LogP contribution in [0, 0.1) is 6.92 Å². The minimum Gasteiger partial charge on any atom is -0.352 e. The number of anilines is 1. The molecule has 10 heteroatoms. The van der Waals surface area contributed by atoms with Gasteiger partial charge in [0.05, 0.1) is 16.1 Å². The Morgan fingerprint density at radius 1 is 1.00 bits per heavy atom. The van der Waals surface area contributed by atoms with Crippen molar-refractivity contribution in [2.75, 3.05) is 10.8 Å². The van der Waals surface area contributed by atoms with Crippen LogP contribution in [0.1, 0.15) is 23.1 Å². The SMILES string of the molecule is Cc1ccc(N(CCC(=O)NCc2ccc(Cl)cc2)S(=O)(=O)c2cccc(C(F)(F)F)c2)cc1. The van der Waals surface area contributed by atoms with E-state index in [9.17, 15) is 26.4 Å². The normalized spacial score (nSPS) is 11.8. The van der Waals surface area contributed by atoms with Gasteiger partial charge in [-0.25, -0.2) is 8.42 Å². The number of nitrogens with zero attached hydrogens (tertiary/aromatic N) is 1. The summed E-state index contributed by atoms with van der Waals surface area (Å²) >= 11 is 5.84. The minimum atomic E-state index is -4.69. The van der Waals surface area contributed by atoms with Crippen molar-refractivity contribution in [3.8, 4) is 0 Å². The molecule has 0 saturated heterocycles. The van der Waals surface area contributed by atoms with Crippen molar-refractivity contribution in [2.45, 2.75) is 31.0 Å². The Balaban J connectivity index is 1.82. The molecule has 0 aliphatic rings. The van der Waals surface area contributed by atoms with Gasteiger partial charge in [0.25, 0.3) is 10.0 Å². The Bertz CT molecular complexity index is 1250. The molecule has 0 radical (unpaired) electrons. The van der Waals surface area contributed by atoms with E-state index in [0.29, 0.717) is 11.1 Å². The summed E-state index contributed by atoms with van der Waals surface area (Å²) in [5, 5.41) is 3.26. The Labute approximate surface area is 201 Å². The maximum atomic E-state index is 13.3. The van der Waals surface area contributed by atoms with Crippen molar-refractivity contribution >= 4 is 33.2 Å². The van der Waals surface area contributed by atoms with Gasteiger partial charge in [-0.3, -0.25) is 9.10 Å². The number of benzene rings is 3. The van der Waals surface area contributed by atoms with Gasteiger partial charge in [-0.1, -0.05) is 47.5 Å². The van der Waals surface area contributed by atoms with E-state index in [-0.39, 0.29) is 25.2 Å². The molecule has 0 aliphatic heterocycles. The highest BCUT2D eigenvalue weighted by Gasteiger charge is 2.33. The van der Waals surface area contributed by atoms with E-state index < -0.39 is 32.6 Å². The van der Waals surface area contributed by atoms with Gasteiger partial charge in [0.1, 0.15) is 0 Å². The zero-order valence-electron chi connectivity index (χ0n) is 18.1. The first-order chi connectivity index (χ1) is 16.0. The number of sulfonamides is 1. The van der Waals surface area contributed by atoms with Crippen LogP contribution in [-0.4, -0.2) is 20.9 Å². The molecule has 0 aliphatic carbocycles. The highest BCUT2D eigenvalue weighted by atomic mass is 35.5. The van der Waals surface area contributed by atoms with Crippen LogP contribution in [0.5, 0.6) is 0 Å². The monoisotopic (exact) mass is 510 g/mol. The van der Waals surface area contributed by atoms with E-state index in [0.717, 1.165) is 33.6 Å². The van der Waals surface area contributed by atoms with Gasteiger partial charge in [0.2, 0.25) is 5.91 Å². The van der Waals surface area contributed by atoms with Gasteiger partial charge in [0, 0.05) is 24.5 Å². The van der Waals surface area contributed by atoms with Crippen LogP contribution in [0.4, 0.5) is 18.9 Å². The zero-order valence-corrected chi connectivity index (χ0v) is 19.7. The number of nitrogens with one attached hydrogen (secondary N) is 1. The van der Waals surface area contributed by atoms with Gasteiger partial charge in [0.15, 0.2) is 0 Å². The van der Waals surface area contributed by atoms with Gasteiger partial charge in [-0.2, -0.15) is 13.2 Å². The highest BCUT2D eigenvalue weighted by Crippen LogP contribution is 2.32. The fourth-order valence-electron chi connectivity index (χ4n) is 3.15. The van der Waals surface area contributed by atoms with Gasteiger partial charge in [-0.05, 0) is 55.0 Å². The maximum Gasteiger partial charge on any atom is 0.416 e. The van der Waals surface area contributed by atoms with Crippen LogP contribution in [0.3, 0.4) is 0 Å². The van der Waals surface area contributed by atoms with E-state index >= 15 is 0 Å². The molecule has 34 heavy (non-hydrogen) atoms. The fraction of sp³-hybridized carbons (Fsp3) is 0.208. The van der Waals surface area contributed by atoms with Crippen molar-refractivity contribution in [2.24, 2.45) is 0 Å². The second-order valence-electron chi connectivity index (χ2n) is 7.59. The number of amides is 1. The number of halogens is 4. The van der Waals surface area contributed by atoms with Gasteiger partial charge < -0.3 is 5.32 Å². The summed E-state index contributed by atoms with van der Waals surface area (Å²) < 4.78 is 67.1. The average molecular weight is 511 g/mol. The predicted molar refractivity (Wildman–Crippen MR) is 125 cm³/mol. The predicted octanol–water partition coefficient (Wildman–Crippen LogP) is 5.57. The fourth-order valence-corrected chi connectivity index (χ4v) is 4.79. The number of alkyl halides is 3. The third-order valence-corrected chi connectivity index (χ3v) is 7.09. The Morgan fingerprint density at radius 2 is 1.65 bits per heavy atom. The molecule has 1 N–H and O–H groups in total. The molecule has 0 atom stereocenters. The van der Waals surface area contributed by atoms with Crippen molar-refractivity contribution in [1.29, 1.82) is 0 Å². The first kappa shape index (κ1) is 25.6. The number of hydrogen-bond acceptors (Lipinski definition) is 3. The second-order valence-corrected chi connectivity index (χ2v) is 9.89.